The fourth-order valence-electron chi connectivity index (χ4n) is 3.00. The van der Waals surface area contributed by atoms with Gasteiger partial charge in [0.25, 0.3) is 5.88 Å². The van der Waals surface area contributed by atoms with Crippen molar-refractivity contribution in [1.82, 2.24) is 13.6 Å². The molecule has 1 aliphatic heterocycles. The molecule has 1 N–H and O–H groups in total. The van der Waals surface area contributed by atoms with Crippen molar-refractivity contribution in [3.63, 3.8) is 0 Å². The summed E-state index contributed by atoms with van der Waals surface area (Å²) in [7, 11) is 0. The summed E-state index contributed by atoms with van der Waals surface area (Å²) in [6.45, 7) is 2.41. The van der Waals surface area contributed by atoms with E-state index in [2.05, 4.69) is 8.75 Å². The normalized spacial score (nSPS) is 14.2. The van der Waals surface area contributed by atoms with Crippen LogP contribution in [0.1, 0.15) is 0 Å². The van der Waals surface area contributed by atoms with Gasteiger partial charge in [-0.2, -0.15) is 4.37 Å². The molecule has 152 valence electrons. The fraction of sp³-hybridized carbons (Fsp3) is 0.333. The molecule has 0 aliphatic carbocycles. The van der Waals surface area contributed by atoms with Gasteiger partial charge in [-0.1, -0.05) is 0 Å². The highest BCUT2D eigenvalue weighted by Crippen LogP contribution is 2.26. The molecule has 1 aliphatic rings. The van der Waals surface area contributed by atoms with Crippen molar-refractivity contribution in [1.29, 1.82) is 0 Å². The van der Waals surface area contributed by atoms with E-state index in [1.807, 2.05) is 11.0 Å². The van der Waals surface area contributed by atoms with Gasteiger partial charge in [0.1, 0.15) is 24.5 Å². The Kier molecular flexibility index (Phi) is 5.47. The van der Waals surface area contributed by atoms with Gasteiger partial charge in [0.15, 0.2) is 0 Å². The number of anilines is 1. The number of carboxylic acid groups (broad SMARTS) is 1. The number of hydrogen-bond acceptors (Lipinski definition) is 9. The van der Waals surface area contributed by atoms with Gasteiger partial charge in [0.05, 0.1) is 11.7 Å². The summed E-state index contributed by atoms with van der Waals surface area (Å²) in [5.41, 5.74) is 0.0492. The third kappa shape index (κ3) is 4.40. The second kappa shape index (κ2) is 8.35. The Labute approximate surface area is 169 Å². The molecule has 1 amide bonds. The van der Waals surface area contributed by atoms with Crippen molar-refractivity contribution >= 4 is 34.6 Å². The van der Waals surface area contributed by atoms with Crippen molar-refractivity contribution in [2.24, 2.45) is 0 Å². The maximum Gasteiger partial charge on any atom is 0.407 e. The van der Waals surface area contributed by atoms with Crippen molar-refractivity contribution in [3.05, 3.63) is 40.8 Å². The van der Waals surface area contributed by atoms with Crippen molar-refractivity contribution in [3.8, 4) is 11.6 Å². The molecule has 0 radical (unpaired) electrons. The van der Waals surface area contributed by atoms with Gasteiger partial charge < -0.3 is 28.8 Å². The summed E-state index contributed by atoms with van der Waals surface area (Å²) in [6, 6.07) is 8.33. The molecule has 29 heavy (non-hydrogen) atoms. The van der Waals surface area contributed by atoms with Crippen molar-refractivity contribution < 1.29 is 23.8 Å². The van der Waals surface area contributed by atoms with Crippen LogP contribution in [0.25, 0.3) is 11.0 Å². The minimum Gasteiger partial charge on any atom is -0.490 e. The average molecular weight is 418 g/mol. The van der Waals surface area contributed by atoms with E-state index in [9.17, 15) is 9.59 Å². The van der Waals surface area contributed by atoms with Crippen LogP contribution < -0.4 is 20.0 Å². The van der Waals surface area contributed by atoms with E-state index in [4.69, 9.17) is 19.0 Å². The predicted octanol–water partition coefficient (Wildman–Crippen LogP) is 1.90. The molecular weight excluding hydrogens is 400 g/mol. The number of rotatable bonds is 6. The van der Waals surface area contributed by atoms with Crippen LogP contribution in [0.4, 0.5) is 10.6 Å². The molecule has 10 nitrogen and oxygen atoms in total. The summed E-state index contributed by atoms with van der Waals surface area (Å²) < 4.78 is 24.9. The Morgan fingerprint density at radius 2 is 1.86 bits per heavy atom. The Balaban J connectivity index is 1.30. The zero-order chi connectivity index (χ0) is 20.2. The quantitative estimate of drug-likeness (QED) is 0.473. The molecule has 0 saturated carbocycles. The highest BCUT2D eigenvalue weighted by molar-refractivity contribution is 6.99. The second-order valence-corrected chi connectivity index (χ2v) is 6.83. The molecule has 3 heterocycles. The van der Waals surface area contributed by atoms with E-state index in [-0.39, 0.29) is 13.2 Å². The molecule has 2 aromatic heterocycles. The van der Waals surface area contributed by atoms with E-state index < -0.39 is 11.7 Å². The van der Waals surface area contributed by atoms with Crippen LogP contribution in [-0.4, -0.2) is 64.2 Å². The van der Waals surface area contributed by atoms with Gasteiger partial charge in [-0.05, 0) is 18.2 Å². The molecule has 4 rings (SSSR count). The molecule has 0 spiro atoms. The lowest BCUT2D eigenvalue weighted by Gasteiger charge is -2.33. The molecule has 0 bridgehead atoms. The molecule has 3 aromatic rings. The topological polar surface area (TPSA) is 118 Å². The Hall–Kier alpha value is -3.34. The number of benzene rings is 1. The first-order valence-corrected chi connectivity index (χ1v) is 9.68. The number of carbonyl (C=O) groups is 1. The number of amides is 1. The average Bonchev–Trinajstić information content (AvgIpc) is 3.19. The molecule has 11 heteroatoms. The van der Waals surface area contributed by atoms with Crippen LogP contribution in [0, 0.1) is 0 Å². The number of nitrogens with zero attached hydrogens (tertiary/aromatic N) is 4. The Morgan fingerprint density at radius 3 is 2.66 bits per heavy atom. The molecular formula is C18H18N4O6S. The van der Waals surface area contributed by atoms with Crippen molar-refractivity contribution in [2.75, 3.05) is 44.3 Å². The zero-order valence-electron chi connectivity index (χ0n) is 15.3. The lowest BCUT2D eigenvalue weighted by molar-refractivity contribution is 0.142. The van der Waals surface area contributed by atoms with Crippen LogP contribution in [0.15, 0.2) is 39.5 Å². The van der Waals surface area contributed by atoms with Crippen LogP contribution in [-0.2, 0) is 0 Å². The number of ether oxygens (including phenoxy) is 2. The Morgan fingerprint density at radius 1 is 1.10 bits per heavy atom. The fourth-order valence-corrected chi connectivity index (χ4v) is 3.52. The second-order valence-electron chi connectivity index (χ2n) is 6.30. The first-order valence-electron chi connectivity index (χ1n) is 8.95. The van der Waals surface area contributed by atoms with Gasteiger partial charge in [-0.15, -0.1) is 4.37 Å². The van der Waals surface area contributed by atoms with Gasteiger partial charge in [-0.3, -0.25) is 0 Å². The third-order valence-corrected chi connectivity index (χ3v) is 4.98. The first kappa shape index (κ1) is 19.0. The largest absolute Gasteiger partial charge is 0.490 e. The van der Waals surface area contributed by atoms with Crippen LogP contribution in [0.5, 0.6) is 11.6 Å². The van der Waals surface area contributed by atoms with E-state index in [1.165, 1.54) is 11.0 Å². The first-order chi connectivity index (χ1) is 14.1. The van der Waals surface area contributed by atoms with Crippen LogP contribution >= 0.6 is 11.7 Å². The van der Waals surface area contributed by atoms with Gasteiger partial charge in [0, 0.05) is 43.7 Å². The lowest BCUT2D eigenvalue weighted by atomic mass is 10.2. The molecule has 0 atom stereocenters. The zero-order valence-corrected chi connectivity index (χ0v) is 16.1. The molecule has 1 fully saturated rings. The molecule has 1 aromatic carbocycles. The van der Waals surface area contributed by atoms with Crippen LogP contribution in [0.2, 0.25) is 0 Å². The summed E-state index contributed by atoms with van der Waals surface area (Å²) >= 11 is 1.04. The maximum atomic E-state index is 11.3. The van der Waals surface area contributed by atoms with Gasteiger partial charge in [-0.25, -0.2) is 9.59 Å². The monoisotopic (exact) mass is 418 g/mol. The number of hydrogen-bond donors (Lipinski definition) is 1. The number of aromatic nitrogens is 2. The smallest absolute Gasteiger partial charge is 0.407 e. The minimum atomic E-state index is -0.914. The van der Waals surface area contributed by atoms with Crippen molar-refractivity contribution in [2.45, 2.75) is 0 Å². The van der Waals surface area contributed by atoms with E-state index >= 15 is 0 Å². The minimum absolute atomic E-state index is 0.254. The predicted molar refractivity (Wildman–Crippen MR) is 105 cm³/mol. The highest BCUT2D eigenvalue weighted by atomic mass is 32.1. The van der Waals surface area contributed by atoms with E-state index in [1.54, 1.807) is 18.2 Å². The van der Waals surface area contributed by atoms with Gasteiger partial charge in [0.2, 0.25) is 5.82 Å². The number of piperazine rings is 1. The summed E-state index contributed by atoms with van der Waals surface area (Å²) in [6.07, 6.45) is -0.914. The molecule has 1 saturated heterocycles. The summed E-state index contributed by atoms with van der Waals surface area (Å²) in [4.78, 5) is 25.7. The van der Waals surface area contributed by atoms with Gasteiger partial charge >= 0.3 is 11.7 Å². The summed E-state index contributed by atoms with van der Waals surface area (Å²) in [5.74, 6) is 1.59. The maximum absolute atomic E-state index is 11.3. The molecule has 0 unspecified atom stereocenters. The highest BCUT2D eigenvalue weighted by Gasteiger charge is 2.24. The van der Waals surface area contributed by atoms with E-state index in [0.717, 1.165) is 17.1 Å². The lowest BCUT2D eigenvalue weighted by Crippen LogP contribution is -2.48. The third-order valence-electron chi connectivity index (χ3n) is 4.48. The summed E-state index contributed by atoms with van der Waals surface area (Å²) in [5, 5.41) is 9.85. The number of fused-ring (bicyclic) bond motifs is 1. The SMILES string of the molecule is O=C(O)N1CCN(c2nsnc2OCCOc2ccc3ccc(=O)oc3c2)CC1. The standard InChI is InChI=1S/C18H18N4O6S/c23-15-4-2-12-1-3-13(11-14(12)28-15)26-9-10-27-17-16(19-29-20-17)21-5-7-22(8-6-21)18(24)25/h1-4,11H,5-10H2,(H,24,25). The van der Waals surface area contributed by atoms with E-state index in [0.29, 0.717) is 49.2 Å². The van der Waals surface area contributed by atoms with Crippen LogP contribution in [0.3, 0.4) is 0 Å². The Bertz CT molecular complexity index is 1060.